The molecule has 31 heavy (non-hydrogen) atoms. The molecule has 1 aliphatic rings. The van der Waals surface area contributed by atoms with Crippen LogP contribution in [0.1, 0.15) is 32.1 Å². The molecule has 0 unspecified atom stereocenters. The van der Waals surface area contributed by atoms with Crippen molar-refractivity contribution in [1.29, 1.82) is 0 Å². The van der Waals surface area contributed by atoms with Crippen molar-refractivity contribution in [2.45, 2.75) is 62.6 Å². The Balaban J connectivity index is 0.00000341. The van der Waals surface area contributed by atoms with E-state index in [1.54, 1.807) is 24.3 Å². The Bertz CT molecular complexity index is 874. The smallest absolute Gasteiger partial charge is 0.340 e. The van der Waals surface area contributed by atoms with Gasteiger partial charge in [0.05, 0.1) is 28.0 Å². The van der Waals surface area contributed by atoms with Gasteiger partial charge in [-0.15, -0.1) is 0 Å². The van der Waals surface area contributed by atoms with Gasteiger partial charge in [-0.3, -0.25) is 7.91 Å². The molecule has 0 bridgehead atoms. The molecule has 0 spiro atoms. The third kappa shape index (κ3) is 5.97. The third-order valence-corrected chi connectivity index (χ3v) is 5.86. The predicted octanol–water partition coefficient (Wildman–Crippen LogP) is 3.04. The normalized spacial score (nSPS) is 18.5. The molecular formula is C20H26BrClN2O7. The first-order valence-electron chi connectivity index (χ1n) is 9.68. The van der Waals surface area contributed by atoms with Crippen molar-refractivity contribution in [2.75, 3.05) is 0 Å². The zero-order valence-corrected chi connectivity index (χ0v) is 19.1. The van der Waals surface area contributed by atoms with Crippen LogP contribution in [-0.2, 0) is 18.2 Å². The van der Waals surface area contributed by atoms with Crippen molar-refractivity contribution in [3.63, 3.8) is 0 Å². The summed E-state index contributed by atoms with van der Waals surface area (Å²) in [6.07, 6.45) is -0.623. The molecule has 0 aliphatic heterocycles. The van der Waals surface area contributed by atoms with Crippen LogP contribution in [0.2, 0.25) is 0 Å². The summed E-state index contributed by atoms with van der Waals surface area (Å²) in [5, 5.41) is 21.0. The number of para-hydroxylation sites is 1. The number of fused-ring (bicyclic) bond motifs is 1. The van der Waals surface area contributed by atoms with Crippen LogP contribution in [0.4, 0.5) is 0 Å². The highest BCUT2D eigenvalue weighted by Gasteiger charge is 2.42. The molecule has 1 saturated carbocycles. The first-order valence-corrected chi connectivity index (χ1v) is 10.7. The van der Waals surface area contributed by atoms with Crippen LogP contribution >= 0.6 is 28.0 Å². The first-order chi connectivity index (χ1) is 14.5. The lowest BCUT2D eigenvalue weighted by molar-refractivity contribution is -0.168. The molecule has 0 saturated heterocycles. The molecule has 5 N–H and O–H groups in total. The van der Waals surface area contributed by atoms with Crippen LogP contribution in [0, 0.1) is 0 Å². The highest BCUT2D eigenvalue weighted by atomic mass is 79.9. The fourth-order valence-corrected chi connectivity index (χ4v) is 4.17. The minimum absolute atomic E-state index is 0. The molecule has 1 heterocycles. The second kappa shape index (κ2) is 11.8. The zero-order chi connectivity index (χ0) is 21.7. The van der Waals surface area contributed by atoms with Gasteiger partial charge in [0, 0.05) is 17.2 Å². The van der Waals surface area contributed by atoms with Crippen molar-refractivity contribution < 1.29 is 33.1 Å². The SMILES string of the molecule is N.O=C[C@H](O)[C@@H](O)[C@H](Oc1cn(Cl)c2ccccc12)[C@H](OBr)C(=O)OC1CCCCC1. The van der Waals surface area contributed by atoms with Gasteiger partial charge in [0.15, 0.2) is 12.4 Å². The summed E-state index contributed by atoms with van der Waals surface area (Å²) >= 11 is 8.97. The number of benzene rings is 1. The lowest BCUT2D eigenvalue weighted by atomic mass is 9.97. The monoisotopic (exact) mass is 520 g/mol. The van der Waals surface area contributed by atoms with Crippen molar-refractivity contribution in [3.05, 3.63) is 30.5 Å². The van der Waals surface area contributed by atoms with Gasteiger partial charge >= 0.3 is 5.97 Å². The standard InChI is InChI=1S/C20H23BrClNO7.H3N/c21-30-19(20(27)28-12-6-2-1-3-7-12)18(17(26)15(25)11-24)29-16-10-23(22)14-9-5-4-8-13(14)16;/h4-5,8-12,15,17-19,25-26H,1-3,6-7H2;1H3/t15-,17+,18-,19-;/m0./s1. The number of halogens is 2. The quantitative estimate of drug-likeness (QED) is 0.338. The molecule has 3 rings (SSSR count). The number of ether oxygens (including phenoxy) is 2. The molecule has 172 valence electrons. The Kier molecular flexibility index (Phi) is 9.73. The van der Waals surface area contributed by atoms with E-state index in [1.165, 1.54) is 10.3 Å². The van der Waals surface area contributed by atoms with Crippen LogP contribution < -0.4 is 10.9 Å². The fraction of sp³-hybridized carbons (Fsp3) is 0.500. The summed E-state index contributed by atoms with van der Waals surface area (Å²) < 4.78 is 17.8. The molecular weight excluding hydrogens is 496 g/mol. The lowest BCUT2D eigenvalue weighted by Gasteiger charge is -2.31. The number of aldehydes is 1. The van der Waals surface area contributed by atoms with Crippen LogP contribution in [0.5, 0.6) is 5.75 Å². The van der Waals surface area contributed by atoms with E-state index in [9.17, 15) is 19.8 Å². The Morgan fingerprint density at radius 3 is 2.55 bits per heavy atom. The van der Waals surface area contributed by atoms with Gasteiger partial charge in [0.2, 0.25) is 6.10 Å². The van der Waals surface area contributed by atoms with Crippen LogP contribution in [0.25, 0.3) is 10.9 Å². The average Bonchev–Trinajstić information content (AvgIpc) is 3.08. The maximum Gasteiger partial charge on any atom is 0.340 e. The maximum absolute atomic E-state index is 12.8. The summed E-state index contributed by atoms with van der Waals surface area (Å²) in [6.45, 7) is 0. The van der Waals surface area contributed by atoms with Gasteiger partial charge in [-0.25, -0.2) is 4.79 Å². The molecule has 11 heteroatoms. The maximum atomic E-state index is 12.8. The van der Waals surface area contributed by atoms with Crippen molar-refractivity contribution in [2.24, 2.45) is 0 Å². The highest BCUT2D eigenvalue weighted by molar-refractivity contribution is 9.06. The van der Waals surface area contributed by atoms with E-state index >= 15 is 0 Å². The number of carbonyl (C=O) groups excluding carboxylic acids is 2. The van der Waals surface area contributed by atoms with Gasteiger partial charge in [-0.1, -0.05) is 18.6 Å². The second-order valence-corrected chi connectivity index (χ2v) is 7.97. The number of aliphatic hydroxyl groups excluding tert-OH is 2. The van der Waals surface area contributed by atoms with E-state index < -0.39 is 30.4 Å². The average molecular weight is 522 g/mol. The molecule has 9 nitrogen and oxygen atoms in total. The van der Waals surface area contributed by atoms with E-state index in [-0.39, 0.29) is 24.3 Å². The summed E-state index contributed by atoms with van der Waals surface area (Å²) in [6, 6.07) is 7.07. The van der Waals surface area contributed by atoms with Gasteiger partial charge in [0.25, 0.3) is 0 Å². The van der Waals surface area contributed by atoms with Gasteiger partial charge in [0.1, 0.15) is 24.1 Å². The van der Waals surface area contributed by atoms with E-state index in [1.807, 2.05) is 0 Å². The first kappa shape index (κ1) is 25.6. The fourth-order valence-electron chi connectivity index (χ4n) is 3.57. The number of esters is 1. The Morgan fingerprint density at radius 2 is 1.90 bits per heavy atom. The molecule has 0 amide bonds. The van der Waals surface area contributed by atoms with Crippen molar-refractivity contribution in [3.8, 4) is 5.75 Å². The molecule has 1 aromatic carbocycles. The second-order valence-electron chi connectivity index (χ2n) is 7.23. The van der Waals surface area contributed by atoms with Gasteiger partial charge in [-0.05, 0) is 37.8 Å². The van der Waals surface area contributed by atoms with Gasteiger partial charge in [-0.2, -0.15) is 0 Å². The predicted molar refractivity (Wildman–Crippen MR) is 117 cm³/mol. The molecule has 1 aliphatic carbocycles. The summed E-state index contributed by atoms with van der Waals surface area (Å²) in [4.78, 5) is 23.8. The Hall–Kier alpha value is -1.69. The molecule has 4 atom stereocenters. The van der Waals surface area contributed by atoms with E-state index in [0.717, 1.165) is 32.1 Å². The molecule has 2 aromatic rings. The van der Waals surface area contributed by atoms with E-state index in [0.29, 0.717) is 10.9 Å². The molecule has 0 radical (unpaired) electrons. The van der Waals surface area contributed by atoms with Crippen LogP contribution in [0.3, 0.4) is 0 Å². The molecule has 1 fully saturated rings. The summed E-state index contributed by atoms with van der Waals surface area (Å²) in [5.74, 6) is -0.529. The van der Waals surface area contributed by atoms with Crippen LogP contribution in [0.15, 0.2) is 30.5 Å². The van der Waals surface area contributed by atoms with Gasteiger partial charge < -0.3 is 30.6 Å². The number of rotatable bonds is 9. The number of nitrogens with zero attached hydrogens (tertiary/aromatic N) is 1. The lowest BCUT2D eigenvalue weighted by Crippen LogP contribution is -2.52. The Labute approximate surface area is 193 Å². The van der Waals surface area contributed by atoms with Crippen molar-refractivity contribution in [1.82, 2.24) is 10.2 Å². The largest absolute Gasteiger partial charge is 0.482 e. The number of hydrogen-bond acceptors (Lipinski definition) is 8. The Morgan fingerprint density at radius 1 is 1.23 bits per heavy atom. The minimum Gasteiger partial charge on any atom is -0.482 e. The topological polar surface area (TPSA) is 142 Å². The summed E-state index contributed by atoms with van der Waals surface area (Å²) in [5.41, 5.74) is 0.638. The number of hydrogen-bond donors (Lipinski definition) is 3. The number of carbonyl (C=O) groups is 2. The zero-order valence-electron chi connectivity index (χ0n) is 16.7. The summed E-state index contributed by atoms with van der Waals surface area (Å²) in [7, 11) is 0. The van der Waals surface area contributed by atoms with E-state index in [2.05, 4.69) is 16.3 Å². The van der Waals surface area contributed by atoms with Crippen molar-refractivity contribution >= 4 is 51.2 Å². The van der Waals surface area contributed by atoms with E-state index in [4.69, 9.17) is 25.1 Å². The number of aromatic nitrogens is 1. The molecule has 1 aromatic heterocycles. The minimum atomic E-state index is -1.80. The van der Waals surface area contributed by atoms with Crippen LogP contribution in [-0.4, -0.2) is 57.1 Å². The highest BCUT2D eigenvalue weighted by Crippen LogP contribution is 2.31. The number of aliphatic hydroxyl groups is 2. The third-order valence-electron chi connectivity index (χ3n) is 5.18.